The fraction of sp³-hybridized carbons (Fsp3) is 0.222. The summed E-state index contributed by atoms with van der Waals surface area (Å²) in [6.07, 6.45) is 12.8. The van der Waals surface area contributed by atoms with Crippen LogP contribution < -0.4 is 10.6 Å². The molecule has 2 rings (SSSR count). The SMILES string of the molecule is C#CC/C(=C/C=C\C)CNC(=O)Nc1ccc(-c2cccc(O)c2)cc1.C=C.CCC. The standard InChI is InChI=1S/C22H22N2O2.C3H8.C2H4/c1-3-5-8-17(7-4-2)16-23-22(26)24-20-13-11-18(12-14-20)19-9-6-10-21(25)15-19;1-3-2;1-2/h2-3,5-6,8-15,25H,7,16H2,1H3,(H2,23,24,26);3H2,1-2H3;1-2H2/b5-3-,17-8-;;. The van der Waals surface area contributed by atoms with Crippen LogP contribution in [0.2, 0.25) is 0 Å². The summed E-state index contributed by atoms with van der Waals surface area (Å²) in [6, 6.07) is 14.1. The van der Waals surface area contributed by atoms with E-state index in [0.717, 1.165) is 16.7 Å². The molecule has 0 heterocycles. The number of urea groups is 1. The van der Waals surface area contributed by atoms with Crippen molar-refractivity contribution in [1.82, 2.24) is 5.32 Å². The summed E-state index contributed by atoms with van der Waals surface area (Å²) in [5.41, 5.74) is 3.51. The number of carbonyl (C=O) groups excluding carboxylic acids is 1. The Hall–Kier alpha value is -3.71. The fourth-order valence-corrected chi connectivity index (χ4v) is 2.34. The number of hydrogen-bond acceptors (Lipinski definition) is 2. The van der Waals surface area contributed by atoms with E-state index in [4.69, 9.17) is 6.42 Å². The molecule has 0 bridgehead atoms. The van der Waals surface area contributed by atoms with Crippen molar-refractivity contribution in [3.63, 3.8) is 0 Å². The average molecular weight is 419 g/mol. The van der Waals surface area contributed by atoms with Gasteiger partial charge in [-0.3, -0.25) is 0 Å². The van der Waals surface area contributed by atoms with Crippen LogP contribution in [-0.4, -0.2) is 17.7 Å². The van der Waals surface area contributed by atoms with E-state index in [9.17, 15) is 9.90 Å². The highest BCUT2D eigenvalue weighted by Crippen LogP contribution is 2.24. The number of allylic oxidation sites excluding steroid dienone is 3. The van der Waals surface area contributed by atoms with Crippen molar-refractivity contribution in [2.45, 2.75) is 33.6 Å². The number of benzene rings is 2. The fourth-order valence-electron chi connectivity index (χ4n) is 2.34. The van der Waals surface area contributed by atoms with Crippen molar-refractivity contribution in [2.75, 3.05) is 11.9 Å². The van der Waals surface area contributed by atoms with Gasteiger partial charge in [-0.05, 0) is 47.9 Å². The van der Waals surface area contributed by atoms with Gasteiger partial charge in [0, 0.05) is 18.7 Å². The van der Waals surface area contributed by atoms with Crippen molar-refractivity contribution in [3.8, 4) is 29.2 Å². The number of rotatable bonds is 6. The third-order valence-electron chi connectivity index (χ3n) is 3.65. The number of amides is 2. The van der Waals surface area contributed by atoms with Gasteiger partial charge in [0.2, 0.25) is 0 Å². The summed E-state index contributed by atoms with van der Waals surface area (Å²) in [4.78, 5) is 12.0. The molecule has 4 nitrogen and oxygen atoms in total. The molecular formula is C27H34N2O2. The number of aromatic hydroxyl groups is 1. The zero-order valence-electron chi connectivity index (χ0n) is 18.8. The number of anilines is 1. The summed E-state index contributed by atoms with van der Waals surface area (Å²) in [7, 11) is 0. The number of phenolic OH excluding ortho intramolecular Hbond substituents is 1. The van der Waals surface area contributed by atoms with Crippen LogP contribution in [0.15, 0.2) is 85.5 Å². The highest BCUT2D eigenvalue weighted by molar-refractivity contribution is 5.89. The van der Waals surface area contributed by atoms with Gasteiger partial charge in [0.25, 0.3) is 0 Å². The van der Waals surface area contributed by atoms with Gasteiger partial charge in [0.05, 0.1) is 0 Å². The van der Waals surface area contributed by atoms with E-state index in [1.165, 1.54) is 6.42 Å². The third-order valence-corrected chi connectivity index (χ3v) is 3.65. The number of terminal acetylenes is 1. The lowest BCUT2D eigenvalue weighted by molar-refractivity contribution is 0.253. The molecule has 0 saturated carbocycles. The Morgan fingerprint density at radius 3 is 2.32 bits per heavy atom. The van der Waals surface area contributed by atoms with Gasteiger partial charge in [-0.1, -0.05) is 62.8 Å². The molecule has 31 heavy (non-hydrogen) atoms. The van der Waals surface area contributed by atoms with Crippen molar-refractivity contribution < 1.29 is 9.90 Å². The first-order valence-electron chi connectivity index (χ1n) is 10.2. The van der Waals surface area contributed by atoms with Crippen molar-refractivity contribution >= 4 is 11.7 Å². The summed E-state index contributed by atoms with van der Waals surface area (Å²) in [5, 5.41) is 15.1. The molecular weight excluding hydrogens is 384 g/mol. The zero-order valence-corrected chi connectivity index (χ0v) is 18.8. The second-order valence-corrected chi connectivity index (χ2v) is 6.37. The van der Waals surface area contributed by atoms with E-state index in [0.29, 0.717) is 18.7 Å². The Bertz CT molecular complexity index is 875. The van der Waals surface area contributed by atoms with Gasteiger partial charge in [0.15, 0.2) is 0 Å². The number of carbonyl (C=O) groups is 1. The van der Waals surface area contributed by atoms with Crippen molar-refractivity contribution in [3.05, 3.63) is 85.5 Å². The van der Waals surface area contributed by atoms with Crippen molar-refractivity contribution in [2.24, 2.45) is 0 Å². The molecule has 0 aromatic heterocycles. The second-order valence-electron chi connectivity index (χ2n) is 6.37. The molecule has 0 aliphatic rings. The van der Waals surface area contributed by atoms with Gasteiger partial charge < -0.3 is 15.7 Å². The van der Waals surface area contributed by atoms with Crippen LogP contribution >= 0.6 is 0 Å². The van der Waals surface area contributed by atoms with Gasteiger partial charge >= 0.3 is 6.03 Å². The van der Waals surface area contributed by atoms with Crippen LogP contribution in [-0.2, 0) is 0 Å². The van der Waals surface area contributed by atoms with E-state index < -0.39 is 0 Å². The Morgan fingerprint density at radius 2 is 1.77 bits per heavy atom. The highest BCUT2D eigenvalue weighted by atomic mass is 16.3. The maximum atomic E-state index is 12.0. The summed E-state index contributed by atoms with van der Waals surface area (Å²) < 4.78 is 0. The quantitative estimate of drug-likeness (QED) is 0.271. The van der Waals surface area contributed by atoms with E-state index in [1.54, 1.807) is 18.2 Å². The highest BCUT2D eigenvalue weighted by Gasteiger charge is 2.04. The molecule has 0 radical (unpaired) electrons. The smallest absolute Gasteiger partial charge is 0.319 e. The number of phenols is 1. The van der Waals surface area contributed by atoms with Crippen LogP contribution in [0.25, 0.3) is 11.1 Å². The zero-order chi connectivity index (χ0) is 23.5. The normalized spacial score (nSPS) is 10.1. The Labute approximate surface area is 187 Å². The van der Waals surface area contributed by atoms with Gasteiger partial charge in [0.1, 0.15) is 5.75 Å². The van der Waals surface area contributed by atoms with Gasteiger partial charge in [-0.2, -0.15) is 0 Å². The van der Waals surface area contributed by atoms with E-state index in [-0.39, 0.29) is 11.8 Å². The largest absolute Gasteiger partial charge is 0.508 e. The molecule has 0 aliphatic heterocycles. The van der Waals surface area contributed by atoms with Crippen molar-refractivity contribution in [1.29, 1.82) is 0 Å². The van der Waals surface area contributed by atoms with E-state index >= 15 is 0 Å². The van der Waals surface area contributed by atoms with Crippen LogP contribution in [0.1, 0.15) is 33.6 Å². The molecule has 0 spiro atoms. The number of nitrogens with one attached hydrogen (secondary N) is 2. The monoisotopic (exact) mass is 418 g/mol. The molecule has 2 aromatic carbocycles. The lowest BCUT2D eigenvalue weighted by atomic mass is 10.1. The molecule has 0 unspecified atom stereocenters. The first-order chi connectivity index (χ1) is 15.0. The van der Waals surface area contributed by atoms with Gasteiger partial charge in [-0.25, -0.2) is 4.79 Å². The van der Waals surface area contributed by atoms with E-state index in [1.807, 2.05) is 55.5 Å². The molecule has 0 fully saturated rings. The number of hydrogen-bond donors (Lipinski definition) is 3. The minimum absolute atomic E-state index is 0.220. The molecule has 2 aromatic rings. The Morgan fingerprint density at radius 1 is 1.13 bits per heavy atom. The second kappa shape index (κ2) is 17.2. The lowest BCUT2D eigenvalue weighted by Gasteiger charge is -2.10. The van der Waals surface area contributed by atoms with Gasteiger partial charge in [-0.15, -0.1) is 25.5 Å². The maximum absolute atomic E-state index is 12.0. The third kappa shape index (κ3) is 11.8. The summed E-state index contributed by atoms with van der Waals surface area (Å²) in [6.45, 7) is 12.6. The summed E-state index contributed by atoms with van der Waals surface area (Å²) in [5.74, 6) is 2.80. The van der Waals surface area contributed by atoms with E-state index in [2.05, 4.69) is 43.6 Å². The molecule has 4 heteroatoms. The molecule has 164 valence electrons. The van der Waals surface area contributed by atoms with Crippen LogP contribution in [0.3, 0.4) is 0 Å². The topological polar surface area (TPSA) is 61.4 Å². The molecule has 3 N–H and O–H groups in total. The summed E-state index contributed by atoms with van der Waals surface area (Å²) >= 11 is 0. The minimum atomic E-state index is -0.293. The van der Waals surface area contributed by atoms with Crippen LogP contribution in [0.5, 0.6) is 5.75 Å². The lowest BCUT2D eigenvalue weighted by Crippen LogP contribution is -2.30. The molecule has 0 atom stereocenters. The van der Waals surface area contributed by atoms with Crippen LogP contribution in [0, 0.1) is 12.3 Å². The first-order valence-corrected chi connectivity index (χ1v) is 10.2. The van der Waals surface area contributed by atoms with Crippen LogP contribution in [0.4, 0.5) is 10.5 Å². The minimum Gasteiger partial charge on any atom is -0.508 e. The molecule has 2 amide bonds. The maximum Gasteiger partial charge on any atom is 0.319 e. The molecule has 0 saturated heterocycles. The first kappa shape index (κ1) is 27.3. The predicted octanol–water partition coefficient (Wildman–Crippen LogP) is 6.93. The Kier molecular flexibility index (Phi) is 15.1. The Balaban J connectivity index is 0.00000165. The predicted molar refractivity (Wildman–Crippen MR) is 134 cm³/mol. The average Bonchev–Trinajstić information content (AvgIpc) is 2.78. The molecule has 0 aliphatic carbocycles.